The molecular weight excluding hydrogens is 178 g/mol. The Balaban J connectivity index is 2.63. The molecule has 0 aromatic heterocycles. The lowest BCUT2D eigenvalue weighted by atomic mass is 10.1. The third kappa shape index (κ3) is 2.85. The predicted octanol–water partition coefficient (Wildman–Crippen LogP) is 2.15. The van der Waals surface area contributed by atoms with Gasteiger partial charge in [0.1, 0.15) is 0 Å². The minimum atomic E-state index is -0.466. The van der Waals surface area contributed by atoms with E-state index in [2.05, 4.69) is 6.92 Å². The van der Waals surface area contributed by atoms with Crippen molar-refractivity contribution >= 4 is 5.91 Å². The zero-order chi connectivity index (χ0) is 10.4. The van der Waals surface area contributed by atoms with E-state index in [1.54, 1.807) is 17.6 Å². The molecule has 0 atom stereocenters. The second-order valence-electron chi connectivity index (χ2n) is 3.24. The summed E-state index contributed by atoms with van der Waals surface area (Å²) >= 11 is 0. The third-order valence-electron chi connectivity index (χ3n) is 2.14. The lowest BCUT2D eigenvalue weighted by Gasteiger charge is -2.01. The third-order valence-corrected chi connectivity index (χ3v) is 2.14. The highest BCUT2D eigenvalue weighted by molar-refractivity contribution is 5.93. The van der Waals surface area contributed by atoms with Crippen LogP contribution >= 0.6 is 0 Å². The van der Waals surface area contributed by atoms with Crippen LogP contribution in [0.1, 0.15) is 35.7 Å². The largest absolute Gasteiger partial charge is 0.288 e. The summed E-state index contributed by atoms with van der Waals surface area (Å²) in [5.41, 5.74) is 3.31. The minimum Gasteiger partial charge on any atom is -0.288 e. The van der Waals surface area contributed by atoms with Crippen LogP contribution in [0.15, 0.2) is 24.3 Å². The van der Waals surface area contributed by atoms with Crippen molar-refractivity contribution < 1.29 is 10.0 Å². The van der Waals surface area contributed by atoms with Crippen molar-refractivity contribution in [3.8, 4) is 0 Å². The first kappa shape index (κ1) is 10.7. The fraction of sp³-hybridized carbons (Fsp3) is 0.364. The predicted molar refractivity (Wildman–Crippen MR) is 54.3 cm³/mol. The lowest BCUT2D eigenvalue weighted by Crippen LogP contribution is -2.18. The molecule has 1 amide bonds. The molecule has 0 radical (unpaired) electrons. The molecule has 0 unspecified atom stereocenters. The van der Waals surface area contributed by atoms with Gasteiger partial charge in [0.05, 0.1) is 0 Å². The van der Waals surface area contributed by atoms with Gasteiger partial charge in [-0.25, -0.2) is 5.48 Å². The molecule has 3 nitrogen and oxygen atoms in total. The van der Waals surface area contributed by atoms with Crippen molar-refractivity contribution in [1.82, 2.24) is 5.48 Å². The maximum Gasteiger partial charge on any atom is 0.274 e. The highest BCUT2D eigenvalue weighted by atomic mass is 16.5. The highest BCUT2D eigenvalue weighted by Crippen LogP contribution is 2.07. The molecule has 1 aromatic carbocycles. The molecule has 76 valence electrons. The SMILES string of the molecule is CCCCc1ccc(C(=O)NO)cc1. The average molecular weight is 193 g/mol. The molecular formula is C11H15NO2. The summed E-state index contributed by atoms with van der Waals surface area (Å²) in [4.78, 5) is 11.0. The fourth-order valence-electron chi connectivity index (χ4n) is 1.27. The number of hydroxylamine groups is 1. The first-order valence-electron chi connectivity index (χ1n) is 4.81. The molecule has 0 saturated carbocycles. The monoisotopic (exact) mass is 193 g/mol. The number of carbonyl (C=O) groups excluding carboxylic acids is 1. The Labute approximate surface area is 83.7 Å². The summed E-state index contributed by atoms with van der Waals surface area (Å²) in [6, 6.07) is 7.27. The van der Waals surface area contributed by atoms with Gasteiger partial charge < -0.3 is 0 Å². The Morgan fingerprint density at radius 2 is 2.00 bits per heavy atom. The van der Waals surface area contributed by atoms with Gasteiger partial charge in [-0.05, 0) is 30.5 Å². The Kier molecular flexibility index (Phi) is 4.13. The van der Waals surface area contributed by atoms with E-state index in [0.29, 0.717) is 5.56 Å². The van der Waals surface area contributed by atoms with E-state index in [9.17, 15) is 4.79 Å². The second kappa shape index (κ2) is 5.40. The second-order valence-corrected chi connectivity index (χ2v) is 3.24. The van der Waals surface area contributed by atoms with Crippen molar-refractivity contribution in [1.29, 1.82) is 0 Å². The topological polar surface area (TPSA) is 49.3 Å². The zero-order valence-electron chi connectivity index (χ0n) is 8.29. The molecule has 0 saturated heterocycles. The highest BCUT2D eigenvalue weighted by Gasteiger charge is 2.02. The molecule has 1 rings (SSSR count). The minimum absolute atomic E-state index is 0.466. The van der Waals surface area contributed by atoms with Crippen LogP contribution in [-0.4, -0.2) is 11.1 Å². The van der Waals surface area contributed by atoms with Gasteiger partial charge in [-0.1, -0.05) is 25.5 Å². The molecule has 2 N–H and O–H groups in total. The fourth-order valence-corrected chi connectivity index (χ4v) is 1.27. The Hall–Kier alpha value is -1.35. The number of aryl methyl sites for hydroxylation is 1. The normalized spacial score (nSPS) is 9.86. The number of hydrogen-bond acceptors (Lipinski definition) is 2. The molecule has 0 fully saturated rings. The maximum atomic E-state index is 11.0. The van der Waals surface area contributed by atoms with Crippen molar-refractivity contribution in [2.24, 2.45) is 0 Å². The smallest absolute Gasteiger partial charge is 0.274 e. The van der Waals surface area contributed by atoms with Crippen molar-refractivity contribution in [2.45, 2.75) is 26.2 Å². The van der Waals surface area contributed by atoms with Gasteiger partial charge in [-0.2, -0.15) is 0 Å². The van der Waals surface area contributed by atoms with E-state index in [4.69, 9.17) is 5.21 Å². The van der Waals surface area contributed by atoms with E-state index in [0.717, 1.165) is 12.8 Å². The van der Waals surface area contributed by atoms with Gasteiger partial charge in [0.2, 0.25) is 0 Å². The Morgan fingerprint density at radius 1 is 1.36 bits per heavy atom. The molecule has 0 aliphatic heterocycles. The number of unbranched alkanes of at least 4 members (excludes halogenated alkanes) is 1. The number of carbonyl (C=O) groups is 1. The summed E-state index contributed by atoms with van der Waals surface area (Å²) in [6.07, 6.45) is 3.36. The van der Waals surface area contributed by atoms with Gasteiger partial charge in [0.25, 0.3) is 5.91 Å². The van der Waals surface area contributed by atoms with E-state index < -0.39 is 5.91 Å². The summed E-state index contributed by atoms with van der Waals surface area (Å²) in [7, 11) is 0. The van der Waals surface area contributed by atoms with Crippen molar-refractivity contribution in [2.75, 3.05) is 0 Å². The quantitative estimate of drug-likeness (QED) is 0.568. The Bertz CT molecular complexity index is 293. The van der Waals surface area contributed by atoms with Crippen molar-refractivity contribution in [3.05, 3.63) is 35.4 Å². The number of hydrogen-bond donors (Lipinski definition) is 2. The number of amides is 1. The van der Waals surface area contributed by atoms with Crippen LogP contribution in [0, 0.1) is 0 Å². The number of rotatable bonds is 4. The van der Waals surface area contributed by atoms with Gasteiger partial charge in [0.15, 0.2) is 0 Å². The number of nitrogens with one attached hydrogen (secondary N) is 1. The van der Waals surface area contributed by atoms with Gasteiger partial charge in [0, 0.05) is 5.56 Å². The molecule has 0 spiro atoms. The van der Waals surface area contributed by atoms with Crippen LogP contribution in [0.4, 0.5) is 0 Å². The van der Waals surface area contributed by atoms with Gasteiger partial charge in [-0.3, -0.25) is 10.0 Å². The summed E-state index contributed by atoms with van der Waals surface area (Å²) in [5, 5.41) is 8.40. The van der Waals surface area contributed by atoms with Crippen LogP contribution in [0.3, 0.4) is 0 Å². The zero-order valence-corrected chi connectivity index (χ0v) is 8.29. The van der Waals surface area contributed by atoms with E-state index >= 15 is 0 Å². The summed E-state index contributed by atoms with van der Waals surface area (Å²) in [5.74, 6) is -0.466. The average Bonchev–Trinajstić information content (AvgIpc) is 2.26. The molecule has 14 heavy (non-hydrogen) atoms. The van der Waals surface area contributed by atoms with E-state index in [1.807, 2.05) is 12.1 Å². The lowest BCUT2D eigenvalue weighted by molar-refractivity contribution is 0.0706. The molecule has 1 aromatic rings. The molecule has 0 aliphatic rings. The van der Waals surface area contributed by atoms with Crippen molar-refractivity contribution in [3.63, 3.8) is 0 Å². The molecule has 0 aliphatic carbocycles. The van der Waals surface area contributed by atoms with Crippen LogP contribution in [-0.2, 0) is 6.42 Å². The molecule has 0 heterocycles. The molecule has 3 heteroatoms. The van der Waals surface area contributed by atoms with Crippen LogP contribution in [0.5, 0.6) is 0 Å². The van der Waals surface area contributed by atoms with Gasteiger partial charge >= 0.3 is 0 Å². The van der Waals surface area contributed by atoms with E-state index in [1.165, 1.54) is 12.0 Å². The Morgan fingerprint density at radius 3 is 2.50 bits per heavy atom. The first-order valence-corrected chi connectivity index (χ1v) is 4.81. The summed E-state index contributed by atoms with van der Waals surface area (Å²) in [6.45, 7) is 2.15. The van der Waals surface area contributed by atoms with E-state index in [-0.39, 0.29) is 0 Å². The van der Waals surface area contributed by atoms with Crippen LogP contribution in [0.2, 0.25) is 0 Å². The molecule has 0 bridgehead atoms. The standard InChI is InChI=1S/C11H15NO2/c1-2-3-4-9-5-7-10(8-6-9)11(13)12-14/h5-8,14H,2-4H2,1H3,(H,12,13). The van der Waals surface area contributed by atoms with Crippen LogP contribution in [0.25, 0.3) is 0 Å². The first-order chi connectivity index (χ1) is 6.77. The number of benzene rings is 1. The maximum absolute atomic E-state index is 11.0. The van der Waals surface area contributed by atoms with Gasteiger partial charge in [-0.15, -0.1) is 0 Å². The summed E-state index contributed by atoms with van der Waals surface area (Å²) < 4.78 is 0. The van der Waals surface area contributed by atoms with Crippen LogP contribution < -0.4 is 5.48 Å².